The van der Waals surface area contributed by atoms with E-state index in [1.165, 1.54) is 22.1 Å². The van der Waals surface area contributed by atoms with Crippen molar-refractivity contribution in [3.05, 3.63) is 26.4 Å². The maximum atomic E-state index is 4.68. The zero-order valence-corrected chi connectivity index (χ0v) is 15.4. The minimum absolute atomic E-state index is 0.234. The van der Waals surface area contributed by atoms with Gasteiger partial charge < -0.3 is 5.32 Å². The number of nitrogens with one attached hydrogen (secondary N) is 1. The van der Waals surface area contributed by atoms with E-state index in [2.05, 4.69) is 61.4 Å². The predicted molar refractivity (Wildman–Crippen MR) is 89.7 cm³/mol. The fourth-order valence-electron chi connectivity index (χ4n) is 2.47. The van der Waals surface area contributed by atoms with Crippen LogP contribution in [0, 0.1) is 6.92 Å². The van der Waals surface area contributed by atoms with Crippen LogP contribution in [0.15, 0.2) is 4.47 Å². The molecule has 0 radical (unpaired) electrons. The Hall–Kier alpha value is -0.790. The Morgan fingerprint density at radius 1 is 1.33 bits per heavy atom. The van der Waals surface area contributed by atoms with Crippen LogP contribution >= 0.6 is 27.5 Å². The summed E-state index contributed by atoms with van der Waals surface area (Å²) in [6, 6.07) is 0.234. The zero-order chi connectivity index (χ0) is 15.4. The van der Waals surface area contributed by atoms with Gasteiger partial charge in [-0.25, -0.2) is 0 Å². The summed E-state index contributed by atoms with van der Waals surface area (Å²) in [7, 11) is 0. The van der Waals surface area contributed by atoms with E-state index in [1.54, 1.807) is 0 Å². The molecule has 2 aromatic heterocycles. The maximum absolute atomic E-state index is 4.68. The molecular weight excluding hydrogens is 350 g/mol. The van der Waals surface area contributed by atoms with E-state index in [1.807, 2.05) is 6.92 Å². The number of halogens is 1. The Balaban J connectivity index is 2.33. The summed E-state index contributed by atoms with van der Waals surface area (Å²) in [6.07, 6.45) is 1.83. The largest absolute Gasteiger partial charge is 0.309 e. The van der Waals surface area contributed by atoms with Crippen molar-refractivity contribution in [3.63, 3.8) is 0 Å². The number of aryl methyl sites for hydroxylation is 3. The topological polar surface area (TPSA) is 55.6 Å². The third kappa shape index (κ3) is 3.52. The van der Waals surface area contributed by atoms with Crippen molar-refractivity contribution in [2.75, 3.05) is 6.54 Å². The number of hydrogen-bond acceptors (Lipinski definition) is 5. The first kappa shape index (κ1) is 16.6. The van der Waals surface area contributed by atoms with Crippen LogP contribution < -0.4 is 5.32 Å². The van der Waals surface area contributed by atoms with Gasteiger partial charge >= 0.3 is 0 Å². The van der Waals surface area contributed by atoms with E-state index in [4.69, 9.17) is 0 Å². The molecule has 1 N–H and O–H groups in total. The van der Waals surface area contributed by atoms with E-state index < -0.39 is 0 Å². The van der Waals surface area contributed by atoms with Gasteiger partial charge in [0.25, 0.3) is 0 Å². The van der Waals surface area contributed by atoms with Gasteiger partial charge in [-0.15, -0.1) is 5.10 Å². The highest BCUT2D eigenvalue weighted by atomic mass is 79.9. The Bertz CT molecular complexity index is 592. The summed E-state index contributed by atoms with van der Waals surface area (Å²) in [6.45, 7) is 10.2. The Kier molecular flexibility index (Phi) is 5.89. The van der Waals surface area contributed by atoms with Crippen LogP contribution in [0.2, 0.25) is 0 Å². The summed E-state index contributed by atoms with van der Waals surface area (Å²) in [5.74, 6) is 0. The molecule has 1 atom stereocenters. The van der Waals surface area contributed by atoms with Crippen LogP contribution in [0.5, 0.6) is 0 Å². The minimum atomic E-state index is 0.234. The first-order chi connectivity index (χ1) is 10.1. The molecule has 0 aromatic carbocycles. The van der Waals surface area contributed by atoms with Gasteiger partial charge in [0, 0.05) is 13.0 Å². The average molecular weight is 372 g/mol. The number of hydrogen-bond donors (Lipinski definition) is 1. The van der Waals surface area contributed by atoms with Crippen molar-refractivity contribution in [1.29, 1.82) is 0 Å². The van der Waals surface area contributed by atoms with Gasteiger partial charge in [-0.1, -0.05) is 18.3 Å². The van der Waals surface area contributed by atoms with Crippen LogP contribution in [0.3, 0.4) is 0 Å². The van der Waals surface area contributed by atoms with Crippen molar-refractivity contribution < 1.29 is 0 Å². The van der Waals surface area contributed by atoms with Crippen LogP contribution in [0.1, 0.15) is 48.8 Å². The summed E-state index contributed by atoms with van der Waals surface area (Å²) < 4.78 is 7.31. The lowest BCUT2D eigenvalue weighted by molar-refractivity contribution is 0.518. The van der Waals surface area contributed by atoms with Gasteiger partial charge in [-0.3, -0.25) is 4.68 Å². The fraction of sp³-hybridized carbons (Fsp3) is 0.643. The molecule has 0 saturated carbocycles. The van der Waals surface area contributed by atoms with Gasteiger partial charge in [0.05, 0.1) is 32.5 Å². The van der Waals surface area contributed by atoms with Crippen LogP contribution in [0.25, 0.3) is 0 Å². The second-order valence-electron chi connectivity index (χ2n) is 4.91. The van der Waals surface area contributed by atoms with E-state index in [-0.39, 0.29) is 6.04 Å². The van der Waals surface area contributed by atoms with Crippen LogP contribution in [-0.4, -0.2) is 25.9 Å². The standard InChI is InChI=1S/C14H22BrN5S/c1-5-10-13(15)12(20(7-3)18-10)8-11(16-6-2)14-9(4)17-19-21-14/h11,16H,5-8H2,1-4H3. The molecule has 0 aliphatic rings. The minimum Gasteiger partial charge on any atom is -0.309 e. The van der Waals surface area contributed by atoms with Gasteiger partial charge in [0.1, 0.15) is 0 Å². The zero-order valence-electron chi connectivity index (χ0n) is 13.0. The molecular formula is C14H22BrN5S. The number of rotatable bonds is 7. The predicted octanol–water partition coefficient (Wildman–Crippen LogP) is 3.28. The van der Waals surface area contributed by atoms with Crippen molar-refractivity contribution in [2.45, 2.75) is 53.1 Å². The summed E-state index contributed by atoms with van der Waals surface area (Å²) in [4.78, 5) is 1.21. The number of likely N-dealkylation sites (N-methyl/N-ethyl adjacent to an activating group) is 1. The molecule has 0 aliphatic heterocycles. The number of nitrogens with zero attached hydrogens (tertiary/aromatic N) is 4. The third-order valence-electron chi connectivity index (χ3n) is 3.55. The van der Waals surface area contributed by atoms with Gasteiger partial charge in [0.15, 0.2) is 0 Å². The average Bonchev–Trinajstić information content (AvgIpc) is 3.03. The molecule has 2 heterocycles. The monoisotopic (exact) mass is 371 g/mol. The molecule has 21 heavy (non-hydrogen) atoms. The van der Waals surface area contributed by atoms with E-state index >= 15 is 0 Å². The molecule has 0 amide bonds. The second-order valence-corrected chi connectivity index (χ2v) is 6.49. The van der Waals surface area contributed by atoms with Crippen molar-refractivity contribution in [1.82, 2.24) is 24.7 Å². The first-order valence-corrected chi connectivity index (χ1v) is 8.95. The first-order valence-electron chi connectivity index (χ1n) is 7.38. The Morgan fingerprint density at radius 2 is 2.10 bits per heavy atom. The molecule has 2 aromatic rings. The maximum Gasteiger partial charge on any atom is 0.0772 e. The van der Waals surface area contributed by atoms with E-state index in [9.17, 15) is 0 Å². The second kappa shape index (κ2) is 7.47. The van der Waals surface area contributed by atoms with E-state index in [0.29, 0.717) is 0 Å². The molecule has 0 saturated heterocycles. The third-order valence-corrected chi connectivity index (χ3v) is 5.40. The smallest absolute Gasteiger partial charge is 0.0772 e. The summed E-state index contributed by atoms with van der Waals surface area (Å²) >= 11 is 5.21. The normalized spacial score (nSPS) is 12.8. The molecule has 0 aliphatic carbocycles. The highest BCUT2D eigenvalue weighted by molar-refractivity contribution is 9.10. The van der Waals surface area contributed by atoms with Crippen molar-refractivity contribution in [2.24, 2.45) is 0 Å². The van der Waals surface area contributed by atoms with Crippen LogP contribution in [0.4, 0.5) is 0 Å². The summed E-state index contributed by atoms with van der Waals surface area (Å²) in [5, 5.41) is 12.4. The van der Waals surface area contributed by atoms with Crippen molar-refractivity contribution >= 4 is 27.5 Å². The molecule has 5 nitrogen and oxygen atoms in total. The molecule has 0 spiro atoms. The highest BCUT2D eigenvalue weighted by Crippen LogP contribution is 2.29. The Labute approximate surface area is 138 Å². The molecule has 0 fully saturated rings. The number of aromatic nitrogens is 4. The molecule has 0 bridgehead atoms. The van der Waals surface area contributed by atoms with Crippen molar-refractivity contribution in [3.8, 4) is 0 Å². The summed E-state index contributed by atoms with van der Waals surface area (Å²) in [5.41, 5.74) is 3.38. The molecule has 7 heteroatoms. The Morgan fingerprint density at radius 3 is 2.62 bits per heavy atom. The lowest BCUT2D eigenvalue weighted by atomic mass is 10.1. The van der Waals surface area contributed by atoms with Gasteiger partial charge in [-0.05, 0) is 54.3 Å². The molecule has 116 valence electrons. The lowest BCUT2D eigenvalue weighted by Gasteiger charge is -2.17. The fourth-order valence-corrected chi connectivity index (χ4v) is 3.91. The SMILES string of the molecule is CCNC(Cc1c(Br)c(CC)nn1CC)c1snnc1C. The molecule has 2 rings (SSSR count). The quantitative estimate of drug-likeness (QED) is 0.811. The molecule has 1 unspecified atom stereocenters. The van der Waals surface area contributed by atoms with Crippen LogP contribution in [-0.2, 0) is 19.4 Å². The highest BCUT2D eigenvalue weighted by Gasteiger charge is 2.22. The lowest BCUT2D eigenvalue weighted by Crippen LogP contribution is -2.24. The van der Waals surface area contributed by atoms with Gasteiger partial charge in [0.2, 0.25) is 0 Å². The van der Waals surface area contributed by atoms with Gasteiger partial charge in [-0.2, -0.15) is 5.10 Å². The van der Waals surface area contributed by atoms with E-state index in [0.717, 1.165) is 41.8 Å².